The Bertz CT molecular complexity index is 671. The minimum Gasteiger partial charge on any atom is -0.334 e. The number of nitrogens with one attached hydrogen (secondary N) is 2. The number of carbonyl (C=O) groups excluding carboxylic acids is 1. The van der Waals surface area contributed by atoms with E-state index in [0.29, 0.717) is 18.7 Å². The molecule has 0 radical (unpaired) electrons. The monoisotopic (exact) mass is 403 g/mol. The fourth-order valence-electron chi connectivity index (χ4n) is 2.90. The second-order valence-electron chi connectivity index (χ2n) is 6.92. The summed E-state index contributed by atoms with van der Waals surface area (Å²) in [6.07, 6.45) is 1.85. The molecule has 26 heavy (non-hydrogen) atoms. The van der Waals surface area contributed by atoms with Gasteiger partial charge in [0.25, 0.3) is 5.91 Å². The van der Waals surface area contributed by atoms with Crippen LogP contribution in [0.4, 0.5) is 0 Å². The van der Waals surface area contributed by atoms with Gasteiger partial charge in [-0.05, 0) is 49.6 Å². The van der Waals surface area contributed by atoms with E-state index < -0.39 is 10.0 Å². The van der Waals surface area contributed by atoms with Gasteiger partial charge in [0.05, 0.1) is 4.90 Å². The molecule has 0 saturated carbocycles. The van der Waals surface area contributed by atoms with E-state index in [1.165, 1.54) is 12.1 Å². The smallest absolute Gasteiger partial charge is 0.254 e. The Hall–Kier alpha value is -1.15. The maximum Gasteiger partial charge on any atom is 0.254 e. The van der Waals surface area contributed by atoms with Crippen molar-refractivity contribution >= 4 is 28.3 Å². The number of sulfonamides is 1. The lowest BCUT2D eigenvalue weighted by atomic mass is 10.1. The predicted molar refractivity (Wildman–Crippen MR) is 106 cm³/mol. The van der Waals surface area contributed by atoms with Gasteiger partial charge in [-0.1, -0.05) is 20.8 Å². The van der Waals surface area contributed by atoms with Crippen molar-refractivity contribution in [3.63, 3.8) is 0 Å². The number of amides is 1. The molecular formula is C18H30ClN3O3S. The highest BCUT2D eigenvalue weighted by Crippen LogP contribution is 2.16. The highest BCUT2D eigenvalue weighted by Gasteiger charge is 2.27. The number of benzene rings is 1. The summed E-state index contributed by atoms with van der Waals surface area (Å²) in [4.78, 5) is 14.9. The number of hydrogen-bond acceptors (Lipinski definition) is 4. The van der Waals surface area contributed by atoms with Crippen LogP contribution >= 0.6 is 12.4 Å². The van der Waals surface area contributed by atoms with Gasteiger partial charge in [-0.15, -0.1) is 12.4 Å². The maximum absolute atomic E-state index is 12.8. The lowest BCUT2D eigenvalue weighted by Gasteiger charge is -2.28. The van der Waals surface area contributed by atoms with Crippen LogP contribution in [-0.4, -0.2) is 51.4 Å². The number of halogens is 1. The first-order chi connectivity index (χ1) is 11.8. The second kappa shape index (κ2) is 10.3. The fraction of sp³-hybridized carbons (Fsp3) is 0.611. The van der Waals surface area contributed by atoms with Crippen LogP contribution in [0.1, 0.15) is 44.0 Å². The summed E-state index contributed by atoms with van der Waals surface area (Å²) < 4.78 is 27.1. The molecule has 148 valence electrons. The molecule has 2 rings (SSSR count). The Balaban J connectivity index is 0.00000338. The van der Waals surface area contributed by atoms with Crippen LogP contribution in [0.3, 0.4) is 0 Å². The quantitative estimate of drug-likeness (QED) is 0.697. The lowest BCUT2D eigenvalue weighted by Crippen LogP contribution is -2.42. The van der Waals surface area contributed by atoms with E-state index in [1.807, 2.05) is 18.7 Å². The summed E-state index contributed by atoms with van der Waals surface area (Å²) in [7, 11) is -3.53. The van der Waals surface area contributed by atoms with Gasteiger partial charge >= 0.3 is 0 Å². The Kier molecular flexibility index (Phi) is 9.03. The third-order valence-electron chi connectivity index (χ3n) is 4.29. The average molecular weight is 404 g/mol. The number of hydrogen-bond donors (Lipinski definition) is 2. The molecule has 1 atom stereocenters. The number of carbonyl (C=O) groups is 1. The minimum absolute atomic E-state index is 0. The molecular weight excluding hydrogens is 374 g/mol. The van der Waals surface area contributed by atoms with Crippen LogP contribution in [0.15, 0.2) is 29.2 Å². The molecule has 1 aromatic carbocycles. The fourth-order valence-corrected chi connectivity index (χ4v) is 4.11. The van der Waals surface area contributed by atoms with Crippen molar-refractivity contribution in [3.8, 4) is 0 Å². The molecule has 0 spiro atoms. The van der Waals surface area contributed by atoms with Crippen LogP contribution in [0.25, 0.3) is 0 Å². The molecule has 0 bridgehead atoms. The molecule has 1 fully saturated rings. The van der Waals surface area contributed by atoms with Crippen molar-refractivity contribution < 1.29 is 13.2 Å². The largest absolute Gasteiger partial charge is 0.334 e. The van der Waals surface area contributed by atoms with E-state index in [-0.39, 0.29) is 35.2 Å². The van der Waals surface area contributed by atoms with Crippen molar-refractivity contribution in [2.24, 2.45) is 5.92 Å². The first kappa shape index (κ1) is 22.9. The highest BCUT2D eigenvalue weighted by molar-refractivity contribution is 7.89. The zero-order chi connectivity index (χ0) is 18.4. The molecule has 1 aliphatic heterocycles. The first-order valence-corrected chi connectivity index (χ1v) is 10.4. The molecule has 1 heterocycles. The summed E-state index contributed by atoms with van der Waals surface area (Å²) in [6, 6.07) is 6.44. The van der Waals surface area contributed by atoms with Gasteiger partial charge in [0, 0.05) is 31.2 Å². The first-order valence-electron chi connectivity index (χ1n) is 8.96. The zero-order valence-corrected chi connectivity index (χ0v) is 17.3. The van der Waals surface area contributed by atoms with Crippen LogP contribution < -0.4 is 10.0 Å². The molecule has 8 heteroatoms. The molecule has 6 nitrogen and oxygen atoms in total. The Morgan fingerprint density at radius 3 is 2.46 bits per heavy atom. The Morgan fingerprint density at radius 2 is 1.96 bits per heavy atom. The van der Waals surface area contributed by atoms with Gasteiger partial charge in [-0.25, -0.2) is 13.1 Å². The normalized spacial score (nSPS) is 17.2. The van der Waals surface area contributed by atoms with Crippen molar-refractivity contribution in [2.45, 2.75) is 44.6 Å². The standard InChI is InChI=1S/C18H29N3O3S.ClH/c1-4-11-21(16-9-10-19-13-16)18(22)15-5-7-17(8-6-15)25(23,24)20-12-14(2)3;/h5-8,14,16,19-20H,4,9-13H2,1-3H3;1H. The van der Waals surface area contributed by atoms with Crippen molar-refractivity contribution in [3.05, 3.63) is 29.8 Å². The van der Waals surface area contributed by atoms with Crippen LogP contribution in [0.2, 0.25) is 0 Å². The summed E-state index contributed by atoms with van der Waals surface area (Å²) in [5, 5.41) is 3.29. The Morgan fingerprint density at radius 1 is 1.31 bits per heavy atom. The van der Waals surface area contributed by atoms with Gasteiger partial charge in [-0.3, -0.25) is 4.79 Å². The van der Waals surface area contributed by atoms with E-state index in [1.54, 1.807) is 12.1 Å². The molecule has 1 amide bonds. The molecule has 1 aromatic rings. The molecule has 1 aliphatic rings. The average Bonchev–Trinajstić information content (AvgIpc) is 3.12. The van der Waals surface area contributed by atoms with Gasteiger partial charge < -0.3 is 10.2 Å². The van der Waals surface area contributed by atoms with Crippen molar-refractivity contribution in [2.75, 3.05) is 26.2 Å². The third-order valence-corrected chi connectivity index (χ3v) is 5.73. The van der Waals surface area contributed by atoms with E-state index in [4.69, 9.17) is 0 Å². The second-order valence-corrected chi connectivity index (χ2v) is 8.68. The highest BCUT2D eigenvalue weighted by atomic mass is 35.5. The van der Waals surface area contributed by atoms with E-state index in [2.05, 4.69) is 17.0 Å². The summed E-state index contributed by atoms with van der Waals surface area (Å²) in [5.41, 5.74) is 0.531. The maximum atomic E-state index is 12.8. The summed E-state index contributed by atoms with van der Waals surface area (Å²) in [6.45, 7) is 8.80. The minimum atomic E-state index is -3.53. The summed E-state index contributed by atoms with van der Waals surface area (Å²) >= 11 is 0. The van der Waals surface area contributed by atoms with Gasteiger partial charge in [0.1, 0.15) is 0 Å². The number of nitrogens with zero attached hydrogens (tertiary/aromatic N) is 1. The third kappa shape index (κ3) is 5.94. The summed E-state index contributed by atoms with van der Waals surface area (Å²) in [5.74, 6) is 0.202. The van der Waals surface area contributed by atoms with Crippen LogP contribution in [-0.2, 0) is 10.0 Å². The van der Waals surface area contributed by atoms with Crippen molar-refractivity contribution in [1.82, 2.24) is 14.9 Å². The van der Waals surface area contributed by atoms with Gasteiger partial charge in [0.2, 0.25) is 10.0 Å². The predicted octanol–water partition coefficient (Wildman–Crippen LogP) is 2.26. The molecule has 0 aliphatic carbocycles. The van der Waals surface area contributed by atoms with Crippen molar-refractivity contribution in [1.29, 1.82) is 0 Å². The molecule has 1 unspecified atom stereocenters. The van der Waals surface area contributed by atoms with E-state index in [0.717, 1.165) is 25.9 Å². The van der Waals surface area contributed by atoms with Gasteiger partial charge in [-0.2, -0.15) is 0 Å². The SMILES string of the molecule is CCCN(C(=O)c1ccc(S(=O)(=O)NCC(C)C)cc1)C1CCNC1.Cl. The molecule has 0 aromatic heterocycles. The Labute approximate surface area is 163 Å². The lowest BCUT2D eigenvalue weighted by molar-refractivity contribution is 0.0692. The zero-order valence-electron chi connectivity index (χ0n) is 15.7. The van der Waals surface area contributed by atoms with Crippen LogP contribution in [0, 0.1) is 5.92 Å². The van der Waals surface area contributed by atoms with Gasteiger partial charge in [0.15, 0.2) is 0 Å². The molecule has 2 N–H and O–H groups in total. The van der Waals surface area contributed by atoms with E-state index >= 15 is 0 Å². The van der Waals surface area contributed by atoms with Crippen LogP contribution in [0.5, 0.6) is 0 Å². The molecule has 1 saturated heterocycles. The van der Waals surface area contributed by atoms with E-state index in [9.17, 15) is 13.2 Å². The number of rotatable bonds is 8. The topological polar surface area (TPSA) is 78.5 Å².